The van der Waals surface area contributed by atoms with Crippen molar-refractivity contribution < 1.29 is 19.2 Å². The van der Waals surface area contributed by atoms with Crippen LogP contribution in [0.25, 0.3) is 0 Å². The first-order chi connectivity index (χ1) is 8.06. The van der Waals surface area contributed by atoms with Crippen LogP contribution in [0.4, 0.5) is 5.69 Å². The number of nitro benzene ring substituents is 1. The van der Waals surface area contributed by atoms with E-state index in [1.807, 2.05) is 0 Å². The molecule has 0 aliphatic carbocycles. The van der Waals surface area contributed by atoms with Gasteiger partial charge in [-0.2, -0.15) is 0 Å². The van der Waals surface area contributed by atoms with Crippen molar-refractivity contribution in [2.45, 2.75) is 0 Å². The molecule has 1 rings (SSSR count). The zero-order chi connectivity index (χ0) is 12.8. The molecule has 0 saturated heterocycles. The highest BCUT2D eigenvalue weighted by atomic mass is 79.9. The Kier molecular flexibility index (Phi) is 5.05. The molecular weight excluding hydrogens is 294 g/mol. The van der Waals surface area contributed by atoms with Gasteiger partial charge in [0.05, 0.1) is 21.6 Å². The molecule has 0 saturated carbocycles. The van der Waals surface area contributed by atoms with Crippen LogP contribution in [0.5, 0.6) is 0 Å². The lowest BCUT2D eigenvalue weighted by Crippen LogP contribution is -2.10. The van der Waals surface area contributed by atoms with Gasteiger partial charge in [-0.3, -0.25) is 10.1 Å². The molecule has 7 heteroatoms. The summed E-state index contributed by atoms with van der Waals surface area (Å²) in [5, 5.41) is 10.7. The van der Waals surface area contributed by atoms with Crippen molar-refractivity contribution in [2.75, 3.05) is 20.3 Å². The van der Waals surface area contributed by atoms with Crippen LogP contribution < -0.4 is 0 Å². The molecule has 6 nitrogen and oxygen atoms in total. The summed E-state index contributed by atoms with van der Waals surface area (Å²) in [6.07, 6.45) is 0. The summed E-state index contributed by atoms with van der Waals surface area (Å²) in [6, 6.07) is 4.05. The number of nitrogens with zero attached hydrogens (tertiary/aromatic N) is 1. The molecule has 17 heavy (non-hydrogen) atoms. The fourth-order valence-electron chi connectivity index (χ4n) is 1.08. The molecular formula is C10H10BrNO5. The fraction of sp³-hybridized carbons (Fsp3) is 0.300. The number of hydrogen-bond donors (Lipinski definition) is 0. The molecule has 0 unspecified atom stereocenters. The van der Waals surface area contributed by atoms with Crippen LogP contribution in [0, 0.1) is 10.1 Å². The number of carbonyl (C=O) groups is 1. The molecule has 0 N–H and O–H groups in total. The third-order valence-electron chi connectivity index (χ3n) is 1.90. The summed E-state index contributed by atoms with van der Waals surface area (Å²) in [5.74, 6) is -0.613. The number of hydrogen-bond acceptors (Lipinski definition) is 5. The molecule has 0 amide bonds. The smallest absolute Gasteiger partial charge is 0.338 e. The second-order valence-electron chi connectivity index (χ2n) is 3.05. The molecule has 0 radical (unpaired) electrons. The molecule has 0 bridgehead atoms. The van der Waals surface area contributed by atoms with Crippen LogP contribution >= 0.6 is 15.9 Å². The number of nitro groups is 1. The quantitative estimate of drug-likeness (QED) is 0.360. The second kappa shape index (κ2) is 6.31. The molecule has 0 aliphatic heterocycles. The van der Waals surface area contributed by atoms with Gasteiger partial charge in [-0.1, -0.05) is 0 Å². The van der Waals surface area contributed by atoms with Gasteiger partial charge in [0, 0.05) is 13.2 Å². The van der Waals surface area contributed by atoms with Crippen molar-refractivity contribution in [3.8, 4) is 0 Å². The van der Waals surface area contributed by atoms with Gasteiger partial charge in [-0.25, -0.2) is 4.79 Å². The van der Waals surface area contributed by atoms with E-state index in [1.165, 1.54) is 25.3 Å². The topological polar surface area (TPSA) is 78.7 Å². The van der Waals surface area contributed by atoms with E-state index in [-0.39, 0.29) is 24.5 Å². The maximum Gasteiger partial charge on any atom is 0.338 e. The number of carbonyl (C=O) groups excluding carboxylic acids is 1. The minimum absolute atomic E-state index is 0.110. The van der Waals surface area contributed by atoms with E-state index in [2.05, 4.69) is 15.9 Å². The highest BCUT2D eigenvalue weighted by Crippen LogP contribution is 2.25. The first-order valence-electron chi connectivity index (χ1n) is 4.66. The summed E-state index contributed by atoms with van der Waals surface area (Å²) in [5.41, 5.74) is -0.0396. The van der Waals surface area contributed by atoms with E-state index in [9.17, 15) is 14.9 Å². The predicted octanol–water partition coefficient (Wildman–Crippen LogP) is 2.16. The van der Waals surface area contributed by atoms with Gasteiger partial charge in [-0.15, -0.1) is 0 Å². The zero-order valence-corrected chi connectivity index (χ0v) is 10.6. The molecule has 0 fully saturated rings. The van der Waals surface area contributed by atoms with E-state index >= 15 is 0 Å². The molecule has 1 aromatic rings. The van der Waals surface area contributed by atoms with Crippen LogP contribution in [-0.4, -0.2) is 31.2 Å². The van der Waals surface area contributed by atoms with E-state index in [0.717, 1.165) is 0 Å². The molecule has 0 atom stereocenters. The van der Waals surface area contributed by atoms with Gasteiger partial charge in [0.15, 0.2) is 0 Å². The lowest BCUT2D eigenvalue weighted by Gasteiger charge is -2.04. The first kappa shape index (κ1) is 13.6. The summed E-state index contributed by atoms with van der Waals surface area (Å²) in [4.78, 5) is 21.6. The third kappa shape index (κ3) is 3.79. The Balaban J connectivity index is 2.81. The number of ether oxygens (including phenoxy) is 2. The Labute approximate surface area is 106 Å². The summed E-state index contributed by atoms with van der Waals surface area (Å²) in [7, 11) is 1.48. The minimum Gasteiger partial charge on any atom is -0.460 e. The fourth-order valence-corrected chi connectivity index (χ4v) is 1.47. The summed E-state index contributed by atoms with van der Waals surface area (Å²) in [6.45, 7) is 0.392. The molecule has 1 aromatic carbocycles. The van der Waals surface area contributed by atoms with Gasteiger partial charge < -0.3 is 9.47 Å². The van der Waals surface area contributed by atoms with Gasteiger partial charge in [0.2, 0.25) is 0 Å². The summed E-state index contributed by atoms with van der Waals surface area (Å²) < 4.78 is 9.87. The van der Waals surface area contributed by atoms with Crippen LogP contribution in [0.3, 0.4) is 0 Å². The lowest BCUT2D eigenvalue weighted by molar-refractivity contribution is -0.385. The summed E-state index contributed by atoms with van der Waals surface area (Å²) >= 11 is 3.03. The predicted molar refractivity (Wildman–Crippen MR) is 63.0 cm³/mol. The minimum atomic E-state index is -0.613. The van der Waals surface area contributed by atoms with Gasteiger partial charge in [0.1, 0.15) is 6.61 Å². The van der Waals surface area contributed by atoms with E-state index in [1.54, 1.807) is 0 Å². The van der Waals surface area contributed by atoms with Crippen LogP contribution in [0.15, 0.2) is 22.7 Å². The Bertz CT molecular complexity index is 435. The Morgan fingerprint density at radius 1 is 1.47 bits per heavy atom. The van der Waals surface area contributed by atoms with Gasteiger partial charge in [-0.05, 0) is 28.1 Å². The Morgan fingerprint density at radius 3 is 2.76 bits per heavy atom. The van der Waals surface area contributed by atoms with Crippen molar-refractivity contribution in [2.24, 2.45) is 0 Å². The standard InChI is InChI=1S/C10H10BrNO5/c1-16-4-5-17-10(13)7-2-3-8(11)9(6-7)12(14)15/h2-3,6H,4-5H2,1H3. The molecule has 0 aliphatic rings. The van der Waals surface area contributed by atoms with Gasteiger partial charge >= 0.3 is 5.97 Å². The average Bonchev–Trinajstić information content (AvgIpc) is 2.29. The van der Waals surface area contributed by atoms with E-state index < -0.39 is 10.9 Å². The number of halogens is 1. The van der Waals surface area contributed by atoms with Crippen molar-refractivity contribution in [1.82, 2.24) is 0 Å². The van der Waals surface area contributed by atoms with E-state index in [0.29, 0.717) is 4.47 Å². The number of benzene rings is 1. The number of methoxy groups -OCH3 is 1. The largest absolute Gasteiger partial charge is 0.460 e. The van der Waals surface area contributed by atoms with E-state index in [4.69, 9.17) is 9.47 Å². The van der Waals surface area contributed by atoms with Crippen LogP contribution in [-0.2, 0) is 9.47 Å². The molecule has 0 aromatic heterocycles. The molecule has 0 heterocycles. The highest BCUT2D eigenvalue weighted by molar-refractivity contribution is 9.10. The van der Waals surface area contributed by atoms with Crippen molar-refractivity contribution in [3.05, 3.63) is 38.3 Å². The van der Waals surface area contributed by atoms with Crippen LogP contribution in [0.1, 0.15) is 10.4 Å². The van der Waals surface area contributed by atoms with Crippen LogP contribution in [0.2, 0.25) is 0 Å². The lowest BCUT2D eigenvalue weighted by atomic mass is 10.2. The highest BCUT2D eigenvalue weighted by Gasteiger charge is 2.16. The van der Waals surface area contributed by atoms with Crippen molar-refractivity contribution in [3.63, 3.8) is 0 Å². The van der Waals surface area contributed by atoms with Crippen molar-refractivity contribution >= 4 is 27.6 Å². The maximum absolute atomic E-state index is 11.5. The Hall–Kier alpha value is -1.47. The first-order valence-corrected chi connectivity index (χ1v) is 5.45. The zero-order valence-electron chi connectivity index (χ0n) is 9.01. The van der Waals surface area contributed by atoms with Crippen molar-refractivity contribution in [1.29, 1.82) is 0 Å². The third-order valence-corrected chi connectivity index (χ3v) is 2.57. The monoisotopic (exact) mass is 303 g/mol. The SMILES string of the molecule is COCCOC(=O)c1ccc(Br)c([N+](=O)[O-])c1. The average molecular weight is 304 g/mol. The maximum atomic E-state index is 11.5. The molecule has 0 spiro atoms. The Morgan fingerprint density at radius 2 is 2.18 bits per heavy atom. The normalized spacial score (nSPS) is 10.0. The second-order valence-corrected chi connectivity index (χ2v) is 3.91. The molecule has 92 valence electrons. The number of esters is 1. The van der Waals surface area contributed by atoms with Gasteiger partial charge in [0.25, 0.3) is 5.69 Å². The number of rotatable bonds is 5.